The predicted molar refractivity (Wildman–Crippen MR) is 271 cm³/mol. The van der Waals surface area contributed by atoms with Crippen LogP contribution in [0.15, 0.2) is 0 Å². The molecule has 2 heteroatoms. The Balaban J connectivity index is 0. The van der Waals surface area contributed by atoms with Crippen molar-refractivity contribution in [2.45, 2.75) is 334 Å². The van der Waals surface area contributed by atoms with Gasteiger partial charge in [0.25, 0.3) is 0 Å². The van der Waals surface area contributed by atoms with Crippen LogP contribution in [0, 0.1) is 0 Å². The van der Waals surface area contributed by atoms with Crippen LogP contribution < -0.4 is 17.0 Å². The lowest BCUT2D eigenvalue weighted by Gasteiger charge is -2.10. The molecule has 0 aliphatic rings. The van der Waals surface area contributed by atoms with Crippen LogP contribution in [-0.4, -0.2) is 26.2 Å². The van der Waals surface area contributed by atoms with Crippen molar-refractivity contribution in [2.24, 2.45) is 0 Å². The first-order chi connectivity index (χ1) is 28.1. The van der Waals surface area contributed by atoms with Crippen molar-refractivity contribution in [1.82, 2.24) is 0 Å². The summed E-state index contributed by atoms with van der Waals surface area (Å²) >= 11 is 0. The van der Waals surface area contributed by atoms with Gasteiger partial charge in [-0.2, -0.15) is 0 Å². The standard InChI is InChI=1S/C56H116P.BrH/c1-5-6-7-8-9-10-11-12-13-14-15-16-17-18-19-20-21-22-23-24-25-26-27-28-29-30-31-32-33-34-35-36-37-38-39-40-41-42-43-44-45-46-47-48-49-50-51-52-53-54-55-56-57(2,3)4;/h5-56H2,1-4H3;1H/q+1;/p-1. The van der Waals surface area contributed by atoms with Gasteiger partial charge in [-0.05, 0) is 12.8 Å². The Bertz CT molecular complexity index is 685. The van der Waals surface area contributed by atoms with Crippen LogP contribution >= 0.6 is 7.26 Å². The average molecular weight is 900 g/mol. The van der Waals surface area contributed by atoms with Gasteiger partial charge in [-0.25, -0.2) is 0 Å². The lowest BCUT2D eigenvalue weighted by Crippen LogP contribution is -3.00. The highest BCUT2D eigenvalue weighted by Crippen LogP contribution is 2.47. The Morgan fingerprint density at radius 2 is 0.276 bits per heavy atom. The number of rotatable bonds is 52. The summed E-state index contributed by atoms with van der Waals surface area (Å²) in [5, 5.41) is 0. The zero-order valence-corrected chi connectivity index (χ0v) is 44.1. The fourth-order valence-electron chi connectivity index (χ4n) is 9.32. The fraction of sp³-hybridized carbons (Fsp3) is 1.00. The van der Waals surface area contributed by atoms with E-state index in [0.29, 0.717) is 0 Å². The van der Waals surface area contributed by atoms with E-state index < -0.39 is 7.26 Å². The van der Waals surface area contributed by atoms with Crippen molar-refractivity contribution in [3.8, 4) is 0 Å². The third kappa shape index (κ3) is 59.0. The lowest BCUT2D eigenvalue weighted by atomic mass is 10.0. The molecule has 0 aromatic carbocycles. The third-order valence-electron chi connectivity index (χ3n) is 13.4. The maximum atomic E-state index is 2.49. The van der Waals surface area contributed by atoms with E-state index in [-0.39, 0.29) is 17.0 Å². The van der Waals surface area contributed by atoms with Crippen LogP contribution in [0.1, 0.15) is 334 Å². The molecule has 0 aromatic heterocycles. The molecule has 0 heterocycles. The molecular formula is C56H116BrP. The summed E-state index contributed by atoms with van der Waals surface area (Å²) in [7, 11) is -0.526. The zero-order chi connectivity index (χ0) is 41.3. The third-order valence-corrected chi connectivity index (χ3v) is 15.1. The monoisotopic (exact) mass is 899 g/mol. The van der Waals surface area contributed by atoms with Gasteiger partial charge in [-0.1, -0.05) is 322 Å². The summed E-state index contributed by atoms with van der Waals surface area (Å²) in [6.07, 6.45) is 77.6. The summed E-state index contributed by atoms with van der Waals surface area (Å²) in [6.45, 7) is 9.77. The van der Waals surface area contributed by atoms with Gasteiger partial charge in [0.2, 0.25) is 0 Å². The summed E-state index contributed by atoms with van der Waals surface area (Å²) in [4.78, 5) is 0. The van der Waals surface area contributed by atoms with Gasteiger partial charge in [0.05, 0.1) is 6.16 Å². The van der Waals surface area contributed by atoms with Crippen LogP contribution in [0.4, 0.5) is 0 Å². The molecule has 0 N–H and O–H groups in total. The van der Waals surface area contributed by atoms with Crippen molar-refractivity contribution < 1.29 is 17.0 Å². The highest BCUT2D eigenvalue weighted by atomic mass is 79.9. The summed E-state index contributed by atoms with van der Waals surface area (Å²) in [6, 6.07) is 0. The molecule has 58 heavy (non-hydrogen) atoms. The smallest absolute Gasteiger partial charge is 0.0586 e. The van der Waals surface area contributed by atoms with Crippen molar-refractivity contribution in [3.05, 3.63) is 0 Å². The van der Waals surface area contributed by atoms with E-state index in [9.17, 15) is 0 Å². The van der Waals surface area contributed by atoms with Gasteiger partial charge in [0.15, 0.2) is 0 Å². The van der Waals surface area contributed by atoms with E-state index in [2.05, 4.69) is 26.9 Å². The highest BCUT2D eigenvalue weighted by Gasteiger charge is 2.15. The Morgan fingerprint density at radius 3 is 0.379 bits per heavy atom. The molecule has 0 unspecified atom stereocenters. The van der Waals surface area contributed by atoms with Gasteiger partial charge < -0.3 is 17.0 Å². The Hall–Kier alpha value is 0.910. The first kappa shape index (κ1) is 61.0. The van der Waals surface area contributed by atoms with Crippen molar-refractivity contribution in [1.29, 1.82) is 0 Å². The Labute approximate surface area is 382 Å². The zero-order valence-electron chi connectivity index (χ0n) is 41.6. The van der Waals surface area contributed by atoms with Crippen LogP contribution in [0.5, 0.6) is 0 Å². The molecular weight excluding hydrogens is 783 g/mol. The van der Waals surface area contributed by atoms with E-state index in [4.69, 9.17) is 0 Å². The van der Waals surface area contributed by atoms with Crippen molar-refractivity contribution in [3.63, 3.8) is 0 Å². The van der Waals surface area contributed by atoms with Gasteiger partial charge >= 0.3 is 0 Å². The molecule has 0 saturated heterocycles. The molecule has 0 fully saturated rings. The Morgan fingerprint density at radius 1 is 0.172 bits per heavy atom. The summed E-state index contributed by atoms with van der Waals surface area (Å²) in [5.41, 5.74) is 0. The number of hydrogen-bond donors (Lipinski definition) is 0. The van der Waals surface area contributed by atoms with Gasteiger partial charge in [0, 0.05) is 27.3 Å². The maximum Gasteiger partial charge on any atom is 0.0586 e. The molecule has 0 aliphatic heterocycles. The minimum Gasteiger partial charge on any atom is -1.00 e. The van der Waals surface area contributed by atoms with E-state index in [1.54, 1.807) is 0 Å². The molecule has 0 amide bonds. The molecule has 0 aliphatic carbocycles. The summed E-state index contributed by atoms with van der Waals surface area (Å²) < 4.78 is 0. The molecule has 0 atom stereocenters. The number of unbranched alkanes of at least 4 members (excludes halogenated alkanes) is 50. The first-order valence-electron chi connectivity index (χ1n) is 27.9. The minimum atomic E-state index is -0.526. The van der Waals surface area contributed by atoms with E-state index >= 15 is 0 Å². The maximum absolute atomic E-state index is 2.49. The van der Waals surface area contributed by atoms with Crippen LogP contribution in [-0.2, 0) is 0 Å². The van der Waals surface area contributed by atoms with Crippen molar-refractivity contribution in [2.75, 3.05) is 26.2 Å². The molecule has 0 aromatic rings. The van der Waals surface area contributed by atoms with Crippen LogP contribution in [0.2, 0.25) is 0 Å². The Kier molecular flexibility index (Phi) is 56.8. The molecule has 0 spiro atoms. The molecule has 0 bridgehead atoms. The fourth-order valence-corrected chi connectivity index (χ4v) is 10.5. The topological polar surface area (TPSA) is 0 Å². The molecule has 0 radical (unpaired) electrons. The quantitative estimate of drug-likeness (QED) is 0.0422. The highest BCUT2D eigenvalue weighted by molar-refractivity contribution is 7.73. The van der Waals surface area contributed by atoms with Crippen molar-refractivity contribution >= 4 is 7.26 Å². The number of halogens is 1. The predicted octanol–water partition coefficient (Wildman–Crippen LogP) is 18.8. The largest absolute Gasteiger partial charge is 1.00 e. The van der Waals surface area contributed by atoms with E-state index in [1.165, 1.54) is 334 Å². The average Bonchev–Trinajstić information content (AvgIpc) is 3.19. The molecule has 0 saturated carbocycles. The molecule has 0 rings (SSSR count). The lowest BCUT2D eigenvalue weighted by molar-refractivity contribution is -0.0000129. The second kappa shape index (κ2) is 54.0. The first-order valence-corrected chi connectivity index (χ1v) is 31.2. The van der Waals surface area contributed by atoms with Crippen LogP contribution in [0.25, 0.3) is 0 Å². The van der Waals surface area contributed by atoms with E-state index in [0.717, 1.165) is 0 Å². The second-order valence-corrected chi connectivity index (χ2v) is 25.7. The normalized spacial score (nSPS) is 11.8. The van der Waals surface area contributed by atoms with Gasteiger partial charge in [-0.3, -0.25) is 0 Å². The molecule has 352 valence electrons. The van der Waals surface area contributed by atoms with Gasteiger partial charge in [0.1, 0.15) is 0 Å². The van der Waals surface area contributed by atoms with Crippen LogP contribution in [0.3, 0.4) is 0 Å². The SMILES string of the molecule is CCCCCCCCCCCCCCCCCCCCCCCCCCCCCCCCCCCCCCCCCCCCCCCCCCCCC[P+](C)(C)C.[Br-]. The van der Waals surface area contributed by atoms with Gasteiger partial charge in [-0.15, -0.1) is 0 Å². The van der Waals surface area contributed by atoms with E-state index in [1.807, 2.05) is 0 Å². The minimum absolute atomic E-state index is 0. The second-order valence-electron chi connectivity index (χ2n) is 20.7. The summed E-state index contributed by atoms with van der Waals surface area (Å²) in [5.74, 6) is 0. The number of hydrogen-bond acceptors (Lipinski definition) is 0. The molecule has 0 nitrogen and oxygen atoms in total.